The fraction of sp³-hybridized carbons (Fsp3) is 0.500. The van der Waals surface area contributed by atoms with Gasteiger partial charge in [0.1, 0.15) is 6.23 Å². The van der Waals surface area contributed by atoms with E-state index in [1.807, 2.05) is 19.9 Å². The maximum Gasteiger partial charge on any atom is 0.252 e. The van der Waals surface area contributed by atoms with Crippen LogP contribution in [0.4, 0.5) is 0 Å². The third-order valence-corrected chi connectivity index (χ3v) is 2.07. The average Bonchev–Trinajstić information content (AvgIpc) is 2.01. The van der Waals surface area contributed by atoms with Crippen LogP contribution < -0.4 is 10.9 Å². The molecule has 78 valence electrons. The van der Waals surface area contributed by atoms with Crippen LogP contribution in [0.25, 0.3) is 0 Å². The van der Waals surface area contributed by atoms with Gasteiger partial charge >= 0.3 is 0 Å². The zero-order chi connectivity index (χ0) is 10.7. The number of nitrogens with one attached hydrogen (secondary N) is 2. The van der Waals surface area contributed by atoms with Crippen LogP contribution in [0.15, 0.2) is 10.9 Å². The molecule has 0 saturated carbocycles. The highest BCUT2D eigenvalue weighted by Crippen LogP contribution is 2.02. The number of rotatable bonds is 3. The molecule has 0 aliphatic carbocycles. The Kier molecular flexibility index (Phi) is 3.43. The van der Waals surface area contributed by atoms with E-state index < -0.39 is 6.23 Å². The molecule has 0 bridgehead atoms. The molecular formula is C10H16N2O2. The zero-order valence-corrected chi connectivity index (χ0v) is 8.72. The fourth-order valence-corrected chi connectivity index (χ4v) is 1.35. The maximum atomic E-state index is 11.5. The first-order chi connectivity index (χ1) is 6.50. The molecule has 1 unspecified atom stereocenters. The lowest BCUT2D eigenvalue weighted by atomic mass is 10.1. The van der Waals surface area contributed by atoms with Gasteiger partial charge in [0.25, 0.3) is 5.56 Å². The van der Waals surface area contributed by atoms with Gasteiger partial charge in [-0.1, -0.05) is 0 Å². The van der Waals surface area contributed by atoms with Crippen LogP contribution in [0, 0.1) is 13.8 Å². The van der Waals surface area contributed by atoms with Gasteiger partial charge in [0.15, 0.2) is 0 Å². The van der Waals surface area contributed by atoms with E-state index in [2.05, 4.69) is 10.3 Å². The van der Waals surface area contributed by atoms with Crippen LogP contribution in [-0.4, -0.2) is 16.3 Å². The van der Waals surface area contributed by atoms with Gasteiger partial charge in [0, 0.05) is 17.8 Å². The van der Waals surface area contributed by atoms with Gasteiger partial charge < -0.3 is 10.1 Å². The molecule has 0 aliphatic heterocycles. The predicted molar refractivity (Wildman–Crippen MR) is 55.1 cm³/mol. The average molecular weight is 196 g/mol. The summed E-state index contributed by atoms with van der Waals surface area (Å²) >= 11 is 0. The number of aliphatic hydroxyl groups is 1. The first kappa shape index (κ1) is 10.9. The van der Waals surface area contributed by atoms with Crippen LogP contribution in [-0.2, 0) is 6.54 Å². The Balaban J connectivity index is 2.92. The van der Waals surface area contributed by atoms with E-state index in [0.29, 0.717) is 12.1 Å². The van der Waals surface area contributed by atoms with Gasteiger partial charge in [-0.05, 0) is 32.4 Å². The minimum Gasteiger partial charge on any atom is -0.379 e. The number of aromatic amines is 1. The van der Waals surface area contributed by atoms with E-state index in [9.17, 15) is 4.79 Å². The van der Waals surface area contributed by atoms with Crippen LogP contribution in [0.3, 0.4) is 0 Å². The quantitative estimate of drug-likeness (QED) is 0.614. The molecule has 0 amide bonds. The Labute approximate surface area is 83.0 Å². The van der Waals surface area contributed by atoms with Gasteiger partial charge in [-0.2, -0.15) is 0 Å². The SMILES string of the molecule is Cc1cc(C)c(CNC(C)O)c(=O)[nH]1. The van der Waals surface area contributed by atoms with E-state index >= 15 is 0 Å². The second-order valence-electron chi connectivity index (χ2n) is 3.50. The second-order valence-corrected chi connectivity index (χ2v) is 3.50. The first-order valence-electron chi connectivity index (χ1n) is 4.61. The Hall–Kier alpha value is -1.13. The van der Waals surface area contributed by atoms with Crippen molar-refractivity contribution in [1.29, 1.82) is 0 Å². The number of hydrogen-bond acceptors (Lipinski definition) is 3. The molecule has 1 heterocycles. The highest BCUT2D eigenvalue weighted by atomic mass is 16.3. The summed E-state index contributed by atoms with van der Waals surface area (Å²) in [5, 5.41) is 11.8. The Bertz CT molecular complexity index is 369. The van der Waals surface area contributed by atoms with Crippen molar-refractivity contribution >= 4 is 0 Å². The van der Waals surface area contributed by atoms with Crippen molar-refractivity contribution < 1.29 is 5.11 Å². The number of aliphatic hydroxyl groups excluding tert-OH is 1. The van der Waals surface area contributed by atoms with Crippen molar-refractivity contribution in [3.8, 4) is 0 Å². The summed E-state index contributed by atoms with van der Waals surface area (Å²) in [6.07, 6.45) is -0.602. The normalized spacial score (nSPS) is 12.9. The molecule has 0 aromatic carbocycles. The summed E-state index contributed by atoms with van der Waals surface area (Å²) in [6.45, 7) is 5.75. The molecule has 0 saturated heterocycles. The van der Waals surface area contributed by atoms with Crippen molar-refractivity contribution in [2.75, 3.05) is 0 Å². The molecule has 1 aromatic heterocycles. The molecule has 0 radical (unpaired) electrons. The van der Waals surface area contributed by atoms with Crippen LogP contribution in [0.2, 0.25) is 0 Å². The van der Waals surface area contributed by atoms with Gasteiger partial charge in [-0.15, -0.1) is 0 Å². The molecule has 0 fully saturated rings. The Morgan fingerprint density at radius 1 is 1.57 bits per heavy atom. The molecule has 0 spiro atoms. The van der Waals surface area contributed by atoms with E-state index in [-0.39, 0.29) is 5.56 Å². The summed E-state index contributed by atoms with van der Waals surface area (Å²) < 4.78 is 0. The minimum absolute atomic E-state index is 0.0874. The number of pyridine rings is 1. The molecule has 1 rings (SSSR count). The molecule has 0 aliphatic rings. The maximum absolute atomic E-state index is 11.5. The van der Waals surface area contributed by atoms with Crippen LogP contribution in [0.1, 0.15) is 23.7 Å². The van der Waals surface area contributed by atoms with Crippen molar-refractivity contribution in [1.82, 2.24) is 10.3 Å². The molecule has 14 heavy (non-hydrogen) atoms. The lowest BCUT2D eigenvalue weighted by Crippen LogP contribution is -2.29. The smallest absolute Gasteiger partial charge is 0.252 e. The topological polar surface area (TPSA) is 65.1 Å². The van der Waals surface area contributed by atoms with Gasteiger partial charge in [0.05, 0.1) is 0 Å². The summed E-state index contributed by atoms with van der Waals surface area (Å²) in [5.74, 6) is 0. The van der Waals surface area contributed by atoms with Crippen molar-refractivity contribution in [2.45, 2.75) is 33.5 Å². The third-order valence-electron chi connectivity index (χ3n) is 2.07. The second kappa shape index (κ2) is 4.39. The largest absolute Gasteiger partial charge is 0.379 e. The van der Waals surface area contributed by atoms with Gasteiger partial charge in [-0.25, -0.2) is 0 Å². The monoisotopic (exact) mass is 196 g/mol. The van der Waals surface area contributed by atoms with Crippen molar-refractivity contribution in [3.05, 3.63) is 33.2 Å². The highest BCUT2D eigenvalue weighted by molar-refractivity contribution is 5.24. The van der Waals surface area contributed by atoms with Crippen LogP contribution >= 0.6 is 0 Å². The first-order valence-corrected chi connectivity index (χ1v) is 4.61. The fourth-order valence-electron chi connectivity index (χ4n) is 1.35. The summed E-state index contributed by atoms with van der Waals surface area (Å²) in [5.41, 5.74) is 2.39. The van der Waals surface area contributed by atoms with Crippen molar-refractivity contribution in [3.63, 3.8) is 0 Å². The molecule has 3 N–H and O–H groups in total. The van der Waals surface area contributed by atoms with Gasteiger partial charge in [0.2, 0.25) is 0 Å². The Morgan fingerprint density at radius 3 is 2.71 bits per heavy atom. The lowest BCUT2D eigenvalue weighted by Gasteiger charge is -2.09. The molecule has 4 heteroatoms. The molecule has 4 nitrogen and oxygen atoms in total. The number of aromatic nitrogens is 1. The molecule has 1 aromatic rings. The number of aryl methyl sites for hydroxylation is 2. The van der Waals surface area contributed by atoms with Gasteiger partial charge in [-0.3, -0.25) is 10.1 Å². The van der Waals surface area contributed by atoms with E-state index in [4.69, 9.17) is 5.11 Å². The summed E-state index contributed by atoms with van der Waals surface area (Å²) in [6, 6.07) is 1.92. The lowest BCUT2D eigenvalue weighted by molar-refractivity contribution is 0.154. The summed E-state index contributed by atoms with van der Waals surface area (Å²) in [4.78, 5) is 14.2. The highest BCUT2D eigenvalue weighted by Gasteiger charge is 2.05. The van der Waals surface area contributed by atoms with E-state index in [1.165, 1.54) is 0 Å². The zero-order valence-electron chi connectivity index (χ0n) is 8.72. The molecule has 1 atom stereocenters. The Morgan fingerprint density at radius 2 is 2.21 bits per heavy atom. The van der Waals surface area contributed by atoms with E-state index in [0.717, 1.165) is 11.3 Å². The number of H-pyrrole nitrogens is 1. The molecular weight excluding hydrogens is 180 g/mol. The standard InChI is InChI=1S/C10H16N2O2/c1-6-4-7(2)12-10(14)9(6)5-11-8(3)13/h4,8,11,13H,5H2,1-3H3,(H,12,14). The summed E-state index contributed by atoms with van der Waals surface area (Å²) in [7, 11) is 0. The minimum atomic E-state index is -0.602. The predicted octanol–water partition coefficient (Wildman–Crippen LogP) is 0.420. The van der Waals surface area contributed by atoms with Crippen molar-refractivity contribution in [2.24, 2.45) is 0 Å². The van der Waals surface area contributed by atoms with Crippen LogP contribution in [0.5, 0.6) is 0 Å². The number of hydrogen-bond donors (Lipinski definition) is 3. The third kappa shape index (κ3) is 2.68. The van der Waals surface area contributed by atoms with E-state index in [1.54, 1.807) is 6.92 Å².